The van der Waals surface area contributed by atoms with Gasteiger partial charge in [0.1, 0.15) is 6.54 Å². The lowest BCUT2D eigenvalue weighted by Gasteiger charge is -2.31. The van der Waals surface area contributed by atoms with Gasteiger partial charge in [-0.2, -0.15) is 0 Å². The van der Waals surface area contributed by atoms with Crippen molar-refractivity contribution in [2.24, 2.45) is 10.7 Å². The van der Waals surface area contributed by atoms with E-state index in [0.29, 0.717) is 19.7 Å². The van der Waals surface area contributed by atoms with Crippen molar-refractivity contribution < 1.29 is 14.3 Å². The lowest BCUT2D eigenvalue weighted by atomic mass is 9.95. The zero-order valence-corrected chi connectivity index (χ0v) is 17.9. The van der Waals surface area contributed by atoms with Gasteiger partial charge in [-0.1, -0.05) is 19.3 Å². The molecule has 4 N–H and O–H groups in total. The number of carbonyl (C=O) groups is 2. The number of halogens is 1. The summed E-state index contributed by atoms with van der Waals surface area (Å²) in [6.45, 7) is 3.50. The lowest BCUT2D eigenvalue weighted by molar-refractivity contribution is -0.120. The number of ether oxygens (including phenoxy) is 1. The van der Waals surface area contributed by atoms with E-state index >= 15 is 0 Å². The summed E-state index contributed by atoms with van der Waals surface area (Å²) in [4.78, 5) is 29.4. The average Bonchev–Trinajstić information content (AvgIpc) is 2.62. The van der Waals surface area contributed by atoms with E-state index in [0.717, 1.165) is 25.7 Å². The Balaban J connectivity index is 0.00000338. The summed E-state index contributed by atoms with van der Waals surface area (Å²) in [5, 5.41) is 6.16. The molecule has 8 nitrogen and oxygen atoms in total. The van der Waals surface area contributed by atoms with Crippen LogP contribution in [0.1, 0.15) is 51.9 Å². The molecule has 2 aliphatic rings. The predicted molar refractivity (Wildman–Crippen MR) is 112 cm³/mol. The van der Waals surface area contributed by atoms with Gasteiger partial charge in [-0.3, -0.25) is 4.79 Å². The average molecular weight is 481 g/mol. The van der Waals surface area contributed by atoms with E-state index in [4.69, 9.17) is 10.5 Å². The number of nitrogens with two attached hydrogens (primary N) is 1. The first-order chi connectivity index (χ1) is 12.1. The number of aliphatic imine (C=N–C) groups is 1. The Hall–Kier alpha value is -1.26. The summed E-state index contributed by atoms with van der Waals surface area (Å²) in [5.41, 5.74) is 5.88. The molecule has 1 saturated carbocycles. The SMILES string of the molecule is CCOC(=O)N1CCC(NC(N)=NCC(=O)NC2CCCCC2)CC1.I. The molecule has 9 heteroatoms. The third kappa shape index (κ3) is 7.96. The number of hydrogen-bond acceptors (Lipinski definition) is 4. The summed E-state index contributed by atoms with van der Waals surface area (Å²) in [6, 6.07) is 0.452. The van der Waals surface area contributed by atoms with Gasteiger partial charge in [-0.05, 0) is 32.6 Å². The number of nitrogens with zero attached hydrogens (tertiary/aromatic N) is 2. The van der Waals surface area contributed by atoms with E-state index in [1.54, 1.807) is 11.8 Å². The first-order valence-electron chi connectivity index (χ1n) is 9.36. The molecule has 2 amide bonds. The zero-order valence-electron chi connectivity index (χ0n) is 15.5. The maximum atomic E-state index is 11.9. The van der Waals surface area contributed by atoms with Crippen LogP contribution in [0.4, 0.5) is 4.79 Å². The number of hydrogen-bond donors (Lipinski definition) is 3. The molecule has 1 aliphatic heterocycles. The molecule has 1 saturated heterocycles. The molecule has 0 aromatic carbocycles. The van der Waals surface area contributed by atoms with Crippen molar-refractivity contribution in [3.8, 4) is 0 Å². The summed E-state index contributed by atoms with van der Waals surface area (Å²) in [5.74, 6) is 0.210. The van der Waals surface area contributed by atoms with E-state index in [1.807, 2.05) is 0 Å². The largest absolute Gasteiger partial charge is 0.450 e. The Bertz CT molecular complexity index is 475. The van der Waals surface area contributed by atoms with E-state index in [9.17, 15) is 9.59 Å². The zero-order chi connectivity index (χ0) is 18.1. The van der Waals surface area contributed by atoms with Gasteiger partial charge in [0.15, 0.2) is 5.96 Å². The van der Waals surface area contributed by atoms with Crippen molar-refractivity contribution in [2.75, 3.05) is 26.2 Å². The second-order valence-electron chi connectivity index (χ2n) is 6.71. The van der Waals surface area contributed by atoms with Gasteiger partial charge in [0.05, 0.1) is 6.61 Å². The molecule has 0 aromatic rings. The van der Waals surface area contributed by atoms with Crippen molar-refractivity contribution >= 4 is 41.9 Å². The van der Waals surface area contributed by atoms with Crippen LogP contribution in [0.3, 0.4) is 0 Å². The highest BCUT2D eigenvalue weighted by Gasteiger charge is 2.23. The number of rotatable bonds is 5. The van der Waals surface area contributed by atoms with Crippen LogP contribution < -0.4 is 16.4 Å². The van der Waals surface area contributed by atoms with Crippen molar-refractivity contribution in [3.05, 3.63) is 0 Å². The summed E-state index contributed by atoms with van der Waals surface area (Å²) < 4.78 is 5.00. The fraction of sp³-hybridized carbons (Fsp3) is 0.824. The predicted octanol–water partition coefficient (Wildman–Crippen LogP) is 1.58. The number of nitrogens with one attached hydrogen (secondary N) is 2. The molecule has 2 fully saturated rings. The molecule has 0 radical (unpaired) electrons. The molecular formula is C17H32IN5O3. The number of likely N-dealkylation sites (tertiary alicyclic amines) is 1. The molecule has 150 valence electrons. The third-order valence-corrected chi connectivity index (χ3v) is 4.74. The van der Waals surface area contributed by atoms with Gasteiger partial charge in [0.25, 0.3) is 0 Å². The van der Waals surface area contributed by atoms with Crippen molar-refractivity contribution in [3.63, 3.8) is 0 Å². The van der Waals surface area contributed by atoms with Gasteiger partial charge < -0.3 is 26.0 Å². The highest BCUT2D eigenvalue weighted by atomic mass is 127. The van der Waals surface area contributed by atoms with Crippen molar-refractivity contribution in [1.29, 1.82) is 0 Å². The van der Waals surface area contributed by atoms with Crippen LogP contribution in [0.5, 0.6) is 0 Å². The van der Waals surface area contributed by atoms with Crippen LogP contribution in [0.15, 0.2) is 4.99 Å². The first kappa shape index (κ1) is 22.8. The molecule has 0 aromatic heterocycles. The van der Waals surface area contributed by atoms with Crippen LogP contribution in [-0.2, 0) is 9.53 Å². The van der Waals surface area contributed by atoms with Gasteiger partial charge in [-0.15, -0.1) is 24.0 Å². The second-order valence-corrected chi connectivity index (χ2v) is 6.71. The second kappa shape index (κ2) is 12.2. The Morgan fingerprint density at radius 1 is 1.08 bits per heavy atom. The van der Waals surface area contributed by atoms with Gasteiger partial charge in [0, 0.05) is 25.2 Å². The molecular weight excluding hydrogens is 449 g/mol. The Morgan fingerprint density at radius 2 is 1.69 bits per heavy atom. The number of guanidine groups is 1. The van der Waals surface area contributed by atoms with Gasteiger partial charge >= 0.3 is 6.09 Å². The summed E-state index contributed by atoms with van der Waals surface area (Å²) in [6.07, 6.45) is 7.04. The first-order valence-corrected chi connectivity index (χ1v) is 9.36. The van der Waals surface area contributed by atoms with Crippen LogP contribution >= 0.6 is 24.0 Å². The number of carbonyl (C=O) groups excluding carboxylic acids is 2. The summed E-state index contributed by atoms with van der Waals surface area (Å²) in [7, 11) is 0. The van der Waals surface area contributed by atoms with Crippen molar-refractivity contribution in [1.82, 2.24) is 15.5 Å². The van der Waals surface area contributed by atoms with Crippen LogP contribution in [0.25, 0.3) is 0 Å². The molecule has 26 heavy (non-hydrogen) atoms. The normalized spacial score (nSPS) is 19.4. The molecule has 0 unspecified atom stereocenters. The van der Waals surface area contributed by atoms with Crippen molar-refractivity contribution in [2.45, 2.75) is 64.0 Å². The maximum Gasteiger partial charge on any atom is 0.409 e. The van der Waals surface area contributed by atoms with E-state index < -0.39 is 0 Å². The molecule has 2 rings (SSSR count). The maximum absolute atomic E-state index is 11.9. The monoisotopic (exact) mass is 481 g/mol. The summed E-state index contributed by atoms with van der Waals surface area (Å²) >= 11 is 0. The highest BCUT2D eigenvalue weighted by Crippen LogP contribution is 2.17. The fourth-order valence-electron chi connectivity index (χ4n) is 3.35. The Labute approximate surface area is 172 Å². The lowest BCUT2D eigenvalue weighted by Crippen LogP contribution is -2.48. The van der Waals surface area contributed by atoms with E-state index in [-0.39, 0.29) is 60.6 Å². The molecule has 0 atom stereocenters. The number of piperidine rings is 1. The van der Waals surface area contributed by atoms with E-state index in [1.165, 1.54) is 19.3 Å². The minimum absolute atomic E-state index is 0. The minimum atomic E-state index is -0.262. The molecule has 0 bridgehead atoms. The highest BCUT2D eigenvalue weighted by molar-refractivity contribution is 14.0. The standard InChI is InChI=1S/C17H31N5O3.HI/c1-2-25-17(24)22-10-8-14(9-11-22)21-16(18)19-12-15(23)20-13-6-4-3-5-7-13;/h13-14H,2-12H2,1H3,(H,20,23)(H3,18,19,21);1H. The molecule has 0 spiro atoms. The molecule has 1 heterocycles. The van der Waals surface area contributed by atoms with Crippen LogP contribution in [-0.4, -0.2) is 61.2 Å². The Kier molecular flexibility index (Phi) is 10.7. The smallest absolute Gasteiger partial charge is 0.409 e. The quantitative estimate of drug-likeness (QED) is 0.314. The topological polar surface area (TPSA) is 109 Å². The Morgan fingerprint density at radius 3 is 2.31 bits per heavy atom. The minimum Gasteiger partial charge on any atom is -0.450 e. The molecule has 1 aliphatic carbocycles. The van der Waals surface area contributed by atoms with Gasteiger partial charge in [0.2, 0.25) is 5.91 Å². The number of amides is 2. The fourth-order valence-corrected chi connectivity index (χ4v) is 3.35. The van der Waals surface area contributed by atoms with Crippen LogP contribution in [0.2, 0.25) is 0 Å². The van der Waals surface area contributed by atoms with Gasteiger partial charge in [-0.25, -0.2) is 9.79 Å². The van der Waals surface area contributed by atoms with E-state index in [2.05, 4.69) is 15.6 Å². The third-order valence-electron chi connectivity index (χ3n) is 4.74. The van der Waals surface area contributed by atoms with Crippen LogP contribution in [0, 0.1) is 0 Å².